The predicted molar refractivity (Wildman–Crippen MR) is 107 cm³/mol. The van der Waals surface area contributed by atoms with Crippen LogP contribution in [0, 0.1) is 0 Å². The Balaban J connectivity index is 1.68. The second-order valence-corrected chi connectivity index (χ2v) is 8.67. The number of rotatable bonds is 4. The molecule has 2 aromatic rings. The van der Waals surface area contributed by atoms with E-state index in [1.165, 1.54) is 30.5 Å². The van der Waals surface area contributed by atoms with E-state index < -0.39 is 0 Å². The molecule has 0 saturated heterocycles. The van der Waals surface area contributed by atoms with E-state index in [0.29, 0.717) is 17.1 Å². The van der Waals surface area contributed by atoms with E-state index in [2.05, 4.69) is 15.9 Å². The van der Waals surface area contributed by atoms with Crippen molar-refractivity contribution in [1.82, 2.24) is 14.7 Å². The highest BCUT2D eigenvalue weighted by Crippen LogP contribution is 2.31. The number of aromatic nitrogens is 2. The Kier molecular flexibility index (Phi) is 5.11. The van der Waals surface area contributed by atoms with Crippen molar-refractivity contribution in [1.29, 1.82) is 0 Å². The molecule has 2 aliphatic carbocycles. The molecule has 4 nitrogen and oxygen atoms in total. The van der Waals surface area contributed by atoms with Crippen molar-refractivity contribution in [3.8, 4) is 0 Å². The summed E-state index contributed by atoms with van der Waals surface area (Å²) >= 11 is 9.82. The third-order valence-corrected chi connectivity index (χ3v) is 6.53. The first-order valence-electron chi connectivity index (χ1n) is 9.34. The van der Waals surface area contributed by atoms with E-state index in [4.69, 9.17) is 16.7 Å². The molecule has 138 valence electrons. The molecule has 1 aromatic carbocycles. The van der Waals surface area contributed by atoms with Crippen LogP contribution in [0.4, 0.5) is 0 Å². The van der Waals surface area contributed by atoms with Gasteiger partial charge < -0.3 is 4.90 Å². The van der Waals surface area contributed by atoms with E-state index in [9.17, 15) is 4.79 Å². The molecular formula is C20H23BrClN3O. The van der Waals surface area contributed by atoms with Gasteiger partial charge in [0.1, 0.15) is 0 Å². The monoisotopic (exact) mass is 435 g/mol. The molecule has 0 spiro atoms. The summed E-state index contributed by atoms with van der Waals surface area (Å²) in [7, 11) is 2.01. The van der Waals surface area contributed by atoms with Crippen LogP contribution in [0.3, 0.4) is 0 Å². The minimum Gasteiger partial charge on any atom is -0.330 e. The Hall–Kier alpha value is -1.33. The fourth-order valence-electron chi connectivity index (χ4n) is 4.38. The number of hydrogen-bond acceptors (Lipinski definition) is 2. The van der Waals surface area contributed by atoms with Crippen LogP contribution in [-0.2, 0) is 26.4 Å². The standard InChI is InChI=1S/C20H23BrClN3O/c1-24-19-8-4-7-15(19)18(23-24)12-25(14-5-2-3-6-14)20(26)16-11-13(21)9-10-17(16)22/h9-11,14H,2-8,12H2,1H3. The van der Waals surface area contributed by atoms with Crippen LogP contribution in [0.5, 0.6) is 0 Å². The lowest BCUT2D eigenvalue weighted by Gasteiger charge is -2.29. The van der Waals surface area contributed by atoms with Crippen LogP contribution < -0.4 is 0 Å². The van der Waals surface area contributed by atoms with Gasteiger partial charge in [-0.1, -0.05) is 40.4 Å². The first kappa shape index (κ1) is 18.1. The third kappa shape index (κ3) is 3.31. The van der Waals surface area contributed by atoms with Crippen LogP contribution in [0.25, 0.3) is 0 Å². The van der Waals surface area contributed by atoms with Gasteiger partial charge in [0.05, 0.1) is 22.8 Å². The highest BCUT2D eigenvalue weighted by atomic mass is 79.9. The quantitative estimate of drug-likeness (QED) is 0.683. The molecule has 0 bridgehead atoms. The summed E-state index contributed by atoms with van der Waals surface area (Å²) in [6, 6.07) is 5.75. The molecule has 0 radical (unpaired) electrons. The van der Waals surface area contributed by atoms with Crippen LogP contribution >= 0.6 is 27.5 Å². The summed E-state index contributed by atoms with van der Waals surface area (Å²) in [4.78, 5) is 15.4. The maximum atomic E-state index is 13.4. The summed E-state index contributed by atoms with van der Waals surface area (Å²) in [6.45, 7) is 0.579. The van der Waals surface area contributed by atoms with Gasteiger partial charge in [0.25, 0.3) is 5.91 Å². The number of halogens is 2. The van der Waals surface area contributed by atoms with Crippen LogP contribution in [0.2, 0.25) is 5.02 Å². The smallest absolute Gasteiger partial charge is 0.256 e. The van der Waals surface area contributed by atoms with Gasteiger partial charge in [-0.2, -0.15) is 5.10 Å². The van der Waals surface area contributed by atoms with E-state index >= 15 is 0 Å². The van der Waals surface area contributed by atoms with Crippen LogP contribution in [-0.4, -0.2) is 26.6 Å². The molecule has 0 N–H and O–H groups in total. The second kappa shape index (κ2) is 7.35. The highest BCUT2D eigenvalue weighted by Gasteiger charge is 2.31. The van der Waals surface area contributed by atoms with Gasteiger partial charge >= 0.3 is 0 Å². The van der Waals surface area contributed by atoms with Crippen LogP contribution in [0.1, 0.15) is 59.4 Å². The lowest BCUT2D eigenvalue weighted by Crippen LogP contribution is -2.38. The zero-order valence-electron chi connectivity index (χ0n) is 15.0. The normalized spacial score (nSPS) is 16.9. The Morgan fingerprint density at radius 2 is 2.08 bits per heavy atom. The number of amides is 1. The Morgan fingerprint density at radius 3 is 2.85 bits per heavy atom. The largest absolute Gasteiger partial charge is 0.330 e. The minimum absolute atomic E-state index is 0.0144. The average molecular weight is 437 g/mol. The summed E-state index contributed by atoms with van der Waals surface area (Å²) < 4.78 is 2.87. The molecule has 1 saturated carbocycles. The first-order chi connectivity index (χ1) is 12.5. The molecule has 0 aliphatic heterocycles. The number of fused-ring (bicyclic) bond motifs is 1. The fourth-order valence-corrected chi connectivity index (χ4v) is 4.94. The molecule has 1 amide bonds. The number of aryl methyl sites for hydroxylation is 1. The molecular weight excluding hydrogens is 414 g/mol. The van der Waals surface area contributed by atoms with Crippen LogP contribution in [0.15, 0.2) is 22.7 Å². The van der Waals surface area contributed by atoms with Gasteiger partial charge in [-0.25, -0.2) is 0 Å². The zero-order chi connectivity index (χ0) is 18.3. The maximum absolute atomic E-state index is 13.4. The molecule has 1 aromatic heterocycles. The number of benzene rings is 1. The Bertz CT molecular complexity index is 842. The lowest BCUT2D eigenvalue weighted by atomic mass is 10.1. The van der Waals surface area contributed by atoms with Crippen molar-refractivity contribution < 1.29 is 4.79 Å². The number of hydrogen-bond donors (Lipinski definition) is 0. The molecule has 26 heavy (non-hydrogen) atoms. The maximum Gasteiger partial charge on any atom is 0.256 e. The number of nitrogens with zero attached hydrogens (tertiary/aromatic N) is 3. The average Bonchev–Trinajstić information content (AvgIpc) is 3.35. The van der Waals surface area contributed by atoms with Crippen molar-refractivity contribution in [3.63, 3.8) is 0 Å². The highest BCUT2D eigenvalue weighted by molar-refractivity contribution is 9.10. The van der Waals surface area contributed by atoms with Crippen molar-refractivity contribution in [2.75, 3.05) is 0 Å². The molecule has 1 heterocycles. The van der Waals surface area contributed by atoms with E-state index in [-0.39, 0.29) is 11.9 Å². The first-order valence-corrected chi connectivity index (χ1v) is 10.5. The van der Waals surface area contributed by atoms with Gasteiger partial charge in [0, 0.05) is 23.3 Å². The summed E-state index contributed by atoms with van der Waals surface area (Å²) in [5.41, 5.74) is 4.31. The SMILES string of the molecule is Cn1nc(CN(C(=O)c2cc(Br)ccc2Cl)C2CCCC2)c2c1CCC2. The van der Waals surface area contributed by atoms with Gasteiger partial charge in [0.15, 0.2) is 0 Å². The van der Waals surface area contributed by atoms with Gasteiger partial charge in [-0.3, -0.25) is 9.48 Å². The molecule has 6 heteroatoms. The Morgan fingerprint density at radius 1 is 1.31 bits per heavy atom. The van der Waals surface area contributed by atoms with E-state index in [0.717, 1.165) is 35.8 Å². The summed E-state index contributed by atoms with van der Waals surface area (Å²) in [5, 5.41) is 5.25. The van der Waals surface area contributed by atoms with Crippen molar-refractivity contribution in [2.45, 2.75) is 57.5 Å². The summed E-state index contributed by atoms with van der Waals surface area (Å²) in [6.07, 6.45) is 7.83. The van der Waals surface area contributed by atoms with Gasteiger partial charge in [0.2, 0.25) is 0 Å². The van der Waals surface area contributed by atoms with Gasteiger partial charge in [-0.15, -0.1) is 0 Å². The van der Waals surface area contributed by atoms with Crippen molar-refractivity contribution in [3.05, 3.63) is 50.2 Å². The van der Waals surface area contributed by atoms with Crippen molar-refractivity contribution in [2.24, 2.45) is 7.05 Å². The molecule has 0 unspecified atom stereocenters. The van der Waals surface area contributed by atoms with E-state index in [1.807, 2.05) is 28.8 Å². The summed E-state index contributed by atoms with van der Waals surface area (Å²) in [5.74, 6) is 0.0144. The Labute approximate surface area is 167 Å². The van der Waals surface area contributed by atoms with E-state index in [1.54, 1.807) is 6.07 Å². The lowest BCUT2D eigenvalue weighted by molar-refractivity contribution is 0.0661. The molecule has 4 rings (SSSR count). The predicted octanol–water partition coefficient (Wildman–Crippen LogP) is 4.91. The molecule has 1 fully saturated rings. The topological polar surface area (TPSA) is 38.1 Å². The molecule has 2 aliphatic rings. The molecule has 0 atom stereocenters. The number of carbonyl (C=O) groups excluding carboxylic acids is 1. The number of carbonyl (C=O) groups is 1. The second-order valence-electron chi connectivity index (χ2n) is 7.34. The third-order valence-electron chi connectivity index (χ3n) is 5.70. The van der Waals surface area contributed by atoms with Gasteiger partial charge in [-0.05, 0) is 55.9 Å². The zero-order valence-corrected chi connectivity index (χ0v) is 17.3. The fraction of sp³-hybridized carbons (Fsp3) is 0.500. The van der Waals surface area contributed by atoms with Crippen molar-refractivity contribution >= 4 is 33.4 Å². The minimum atomic E-state index is 0.0144.